The third-order valence-corrected chi connectivity index (χ3v) is 5.65. The first-order valence-electron chi connectivity index (χ1n) is 9.97. The second kappa shape index (κ2) is 10.8. The minimum Gasteiger partial charge on any atom is -0.488 e. The zero-order chi connectivity index (χ0) is 21.3. The monoisotopic (exact) mass is 426 g/mol. The predicted octanol–water partition coefficient (Wildman–Crippen LogP) is 4.60. The van der Waals surface area contributed by atoms with Gasteiger partial charge in [-0.2, -0.15) is 0 Å². The molecule has 1 aromatic carbocycles. The number of aromatic nitrogens is 2. The summed E-state index contributed by atoms with van der Waals surface area (Å²) in [6.07, 6.45) is 3.37. The van der Waals surface area contributed by atoms with Crippen molar-refractivity contribution in [3.63, 3.8) is 0 Å². The van der Waals surface area contributed by atoms with Crippen LogP contribution in [0.2, 0.25) is 0 Å². The van der Waals surface area contributed by atoms with Gasteiger partial charge in [-0.25, -0.2) is 14.8 Å². The smallest absolute Gasteiger partial charge is 0.335 e. The SMILES string of the molecule is CCOC(=O)C(Cc1ccc(OCc2sc(-c3ncccn3)cc2C)cc1)OCC. The fraction of sp³-hybridized carbons (Fsp3) is 0.348. The van der Waals surface area contributed by atoms with Crippen LogP contribution in [0.15, 0.2) is 48.8 Å². The van der Waals surface area contributed by atoms with Crippen molar-refractivity contribution in [3.8, 4) is 16.5 Å². The number of rotatable bonds is 10. The van der Waals surface area contributed by atoms with E-state index in [1.165, 1.54) is 0 Å². The van der Waals surface area contributed by atoms with Crippen molar-refractivity contribution in [2.24, 2.45) is 0 Å². The molecule has 0 saturated carbocycles. The van der Waals surface area contributed by atoms with E-state index < -0.39 is 6.10 Å². The van der Waals surface area contributed by atoms with Gasteiger partial charge in [0.1, 0.15) is 12.4 Å². The van der Waals surface area contributed by atoms with Gasteiger partial charge in [-0.3, -0.25) is 0 Å². The van der Waals surface area contributed by atoms with Crippen LogP contribution in [0.1, 0.15) is 29.9 Å². The topological polar surface area (TPSA) is 70.5 Å². The average molecular weight is 427 g/mol. The van der Waals surface area contributed by atoms with E-state index in [1.807, 2.05) is 31.2 Å². The highest BCUT2D eigenvalue weighted by Gasteiger charge is 2.20. The Balaban J connectivity index is 1.60. The molecule has 30 heavy (non-hydrogen) atoms. The Morgan fingerprint density at radius 2 is 1.83 bits per heavy atom. The number of esters is 1. The van der Waals surface area contributed by atoms with Gasteiger partial charge in [0, 0.05) is 30.3 Å². The molecular formula is C23H26N2O4S. The lowest BCUT2D eigenvalue weighted by Gasteiger charge is -2.15. The second-order valence-electron chi connectivity index (χ2n) is 6.62. The summed E-state index contributed by atoms with van der Waals surface area (Å²) in [5.74, 6) is 1.17. The van der Waals surface area contributed by atoms with E-state index in [0.29, 0.717) is 26.2 Å². The minimum atomic E-state index is -0.589. The second-order valence-corrected chi connectivity index (χ2v) is 7.76. The lowest BCUT2D eigenvalue weighted by Crippen LogP contribution is -2.28. The maximum Gasteiger partial charge on any atom is 0.335 e. The molecule has 0 radical (unpaired) electrons. The van der Waals surface area contributed by atoms with Gasteiger partial charge in [-0.15, -0.1) is 11.3 Å². The van der Waals surface area contributed by atoms with Gasteiger partial charge in [0.05, 0.1) is 11.5 Å². The summed E-state index contributed by atoms with van der Waals surface area (Å²) in [7, 11) is 0. The third-order valence-electron chi connectivity index (χ3n) is 4.44. The molecule has 6 nitrogen and oxygen atoms in total. The van der Waals surface area contributed by atoms with Gasteiger partial charge in [0.2, 0.25) is 0 Å². The van der Waals surface area contributed by atoms with E-state index in [2.05, 4.69) is 23.0 Å². The fourth-order valence-corrected chi connectivity index (χ4v) is 3.97. The quantitative estimate of drug-likeness (QED) is 0.441. The molecule has 1 unspecified atom stereocenters. The Hall–Kier alpha value is -2.77. The Labute approximate surface area is 180 Å². The summed E-state index contributed by atoms with van der Waals surface area (Å²) in [4.78, 5) is 22.8. The van der Waals surface area contributed by atoms with E-state index in [9.17, 15) is 4.79 Å². The summed E-state index contributed by atoms with van der Waals surface area (Å²) >= 11 is 1.64. The number of carbonyl (C=O) groups is 1. The molecule has 3 aromatic rings. The Bertz CT molecular complexity index is 942. The molecule has 0 aliphatic heterocycles. The molecule has 0 saturated heterocycles. The first kappa shape index (κ1) is 21.9. The molecule has 0 aliphatic rings. The van der Waals surface area contributed by atoms with Crippen molar-refractivity contribution in [2.45, 2.75) is 39.9 Å². The maximum absolute atomic E-state index is 12.0. The van der Waals surface area contributed by atoms with Crippen molar-refractivity contribution in [1.29, 1.82) is 0 Å². The van der Waals surface area contributed by atoms with E-state index in [0.717, 1.165) is 32.5 Å². The van der Waals surface area contributed by atoms with Gasteiger partial charge in [-0.05, 0) is 56.2 Å². The van der Waals surface area contributed by atoms with Crippen LogP contribution in [0.3, 0.4) is 0 Å². The molecule has 0 spiro atoms. The van der Waals surface area contributed by atoms with Crippen LogP contribution in [-0.2, 0) is 27.3 Å². The molecule has 0 bridgehead atoms. The number of thiophene rings is 1. The molecule has 1 atom stereocenters. The van der Waals surface area contributed by atoms with Gasteiger partial charge < -0.3 is 14.2 Å². The Kier molecular flexibility index (Phi) is 7.93. The minimum absolute atomic E-state index is 0.328. The molecule has 2 aromatic heterocycles. The number of benzene rings is 1. The normalized spacial score (nSPS) is 11.8. The first-order valence-corrected chi connectivity index (χ1v) is 10.8. The molecule has 0 fully saturated rings. The van der Waals surface area contributed by atoms with Crippen molar-refractivity contribution < 1.29 is 19.0 Å². The van der Waals surface area contributed by atoms with Gasteiger partial charge in [-0.1, -0.05) is 12.1 Å². The fourth-order valence-electron chi connectivity index (χ4n) is 2.93. The van der Waals surface area contributed by atoms with Crippen LogP contribution in [0.25, 0.3) is 10.7 Å². The number of hydrogen-bond acceptors (Lipinski definition) is 7. The number of carbonyl (C=O) groups excluding carboxylic acids is 1. The van der Waals surface area contributed by atoms with E-state index in [4.69, 9.17) is 14.2 Å². The van der Waals surface area contributed by atoms with Crippen molar-refractivity contribution in [2.75, 3.05) is 13.2 Å². The highest BCUT2D eigenvalue weighted by atomic mass is 32.1. The van der Waals surface area contributed by atoms with E-state index in [-0.39, 0.29) is 5.97 Å². The van der Waals surface area contributed by atoms with Crippen molar-refractivity contribution >= 4 is 17.3 Å². The molecule has 0 aliphatic carbocycles. The molecular weight excluding hydrogens is 400 g/mol. The van der Waals surface area contributed by atoms with E-state index >= 15 is 0 Å². The van der Waals surface area contributed by atoms with Crippen molar-refractivity contribution in [3.05, 3.63) is 64.8 Å². The van der Waals surface area contributed by atoms with Gasteiger partial charge in [0.25, 0.3) is 0 Å². The van der Waals surface area contributed by atoms with Crippen LogP contribution in [-0.4, -0.2) is 35.3 Å². The first-order chi connectivity index (χ1) is 14.6. The predicted molar refractivity (Wildman–Crippen MR) is 117 cm³/mol. The van der Waals surface area contributed by atoms with Gasteiger partial charge in [0.15, 0.2) is 11.9 Å². The van der Waals surface area contributed by atoms with Crippen LogP contribution in [0.4, 0.5) is 0 Å². The highest BCUT2D eigenvalue weighted by molar-refractivity contribution is 7.15. The summed E-state index contributed by atoms with van der Waals surface area (Å²) in [5.41, 5.74) is 2.15. The zero-order valence-corrected chi connectivity index (χ0v) is 18.3. The molecule has 0 N–H and O–H groups in total. The lowest BCUT2D eigenvalue weighted by atomic mass is 10.1. The third kappa shape index (κ3) is 5.87. The Morgan fingerprint density at radius 3 is 2.50 bits per heavy atom. The summed E-state index contributed by atoms with van der Waals surface area (Å²) in [6.45, 7) is 7.00. The van der Waals surface area contributed by atoms with Crippen LogP contribution in [0, 0.1) is 6.92 Å². The zero-order valence-electron chi connectivity index (χ0n) is 17.5. The van der Waals surface area contributed by atoms with Crippen LogP contribution >= 0.6 is 11.3 Å². The molecule has 3 rings (SSSR count). The standard InChI is InChI=1S/C23H26N2O4S/c1-4-27-19(23(26)28-5-2)14-17-7-9-18(10-8-17)29-15-21-16(3)13-20(30-21)22-24-11-6-12-25-22/h6-13,19H,4-5,14-15H2,1-3H3. The maximum atomic E-state index is 12.0. The lowest BCUT2D eigenvalue weighted by molar-refractivity contribution is -0.156. The summed E-state index contributed by atoms with van der Waals surface area (Å²) < 4.78 is 16.6. The molecule has 2 heterocycles. The Morgan fingerprint density at radius 1 is 1.10 bits per heavy atom. The molecule has 158 valence electrons. The number of aryl methyl sites for hydroxylation is 1. The number of ether oxygens (including phenoxy) is 3. The molecule has 7 heteroatoms. The molecule has 0 amide bonds. The number of hydrogen-bond donors (Lipinski definition) is 0. The summed E-state index contributed by atoms with van der Waals surface area (Å²) in [5, 5.41) is 0. The summed E-state index contributed by atoms with van der Waals surface area (Å²) in [6, 6.07) is 11.6. The van der Waals surface area contributed by atoms with E-state index in [1.54, 1.807) is 36.7 Å². The number of nitrogens with zero attached hydrogens (tertiary/aromatic N) is 2. The van der Waals surface area contributed by atoms with Gasteiger partial charge >= 0.3 is 5.97 Å². The van der Waals surface area contributed by atoms with Crippen molar-refractivity contribution in [1.82, 2.24) is 9.97 Å². The largest absolute Gasteiger partial charge is 0.488 e. The average Bonchev–Trinajstić information content (AvgIpc) is 3.14. The van der Waals surface area contributed by atoms with Crippen LogP contribution < -0.4 is 4.74 Å². The highest BCUT2D eigenvalue weighted by Crippen LogP contribution is 2.29. The van der Waals surface area contributed by atoms with Crippen LogP contribution in [0.5, 0.6) is 5.75 Å².